The first-order valence-corrected chi connectivity index (χ1v) is 21.1. The van der Waals surface area contributed by atoms with Gasteiger partial charge in [-0.3, -0.25) is 10.7 Å². The Morgan fingerprint density at radius 3 is 1.75 bits per heavy atom. The molecule has 0 radical (unpaired) electrons. The maximum Gasteiger partial charge on any atom is 0.413 e. The van der Waals surface area contributed by atoms with E-state index in [9.17, 15) is 4.79 Å². The number of alkyl carbamates (subject to hydrolysis) is 1. The van der Waals surface area contributed by atoms with Crippen LogP contribution in [0.1, 0.15) is 89.5 Å². The van der Waals surface area contributed by atoms with Crippen LogP contribution in [0.25, 0.3) is 9.69 Å². The molecule has 0 unspecified atom stereocenters. The number of carbonyl (C=O) groups is 1. The molecular formula is C46H57Br2N5O8. The first-order valence-electron chi connectivity index (χ1n) is 19.5. The molecule has 0 atom stereocenters. The van der Waals surface area contributed by atoms with Crippen molar-refractivity contribution in [1.29, 1.82) is 10.8 Å². The average molecular weight is 968 g/mol. The van der Waals surface area contributed by atoms with Crippen molar-refractivity contribution in [3.8, 4) is 23.0 Å². The highest BCUT2D eigenvalue weighted by atomic mass is 79.9. The third-order valence-corrected chi connectivity index (χ3v) is 9.26. The molecule has 7 N–H and O–H groups in total. The molecule has 0 aliphatic rings. The Bertz CT molecular complexity index is 2050. The molecule has 13 nitrogen and oxygen atoms in total. The summed E-state index contributed by atoms with van der Waals surface area (Å²) in [5.41, 5.74) is 4.28. The normalized spacial score (nSPS) is 10.1. The standard InChI is InChI=1S/C18H28N2O4.C14H21NO2.2C7H4BrNO/c1-5-6-8-13-14(9-7-10-15(13)23-12-11-21)16(19)20-17(22)24-18(2,3)4;1-3-4-5-12-6-7-13(11(2)15)10-14(12)17-9-8-16;2*1-9-5-2-3-6(8)7(10)4-5/h7,9-10,21H,5-6,8,11-12H2,1-4H3,(H2,19,20,22);6-7,10,15-16H,3-5,8-9H2,1-2H3;2*2-4,10H. The molecule has 328 valence electrons. The molecule has 1 amide bonds. The van der Waals surface area contributed by atoms with Crippen molar-refractivity contribution >= 4 is 60.9 Å². The Hall–Kier alpha value is -5.45. The van der Waals surface area contributed by atoms with E-state index >= 15 is 0 Å². The molecule has 0 spiro atoms. The first kappa shape index (κ1) is 53.6. The number of phenolic OH excluding ortho intramolecular Hbond substituents is 2. The number of ether oxygens (including phenoxy) is 3. The molecule has 0 heterocycles. The summed E-state index contributed by atoms with van der Waals surface area (Å²) in [7, 11) is 0. The Morgan fingerprint density at radius 1 is 0.770 bits per heavy atom. The summed E-state index contributed by atoms with van der Waals surface area (Å²) in [5, 5.41) is 54.1. The van der Waals surface area contributed by atoms with Gasteiger partial charge in [-0.15, -0.1) is 0 Å². The highest BCUT2D eigenvalue weighted by Gasteiger charge is 2.20. The zero-order chi connectivity index (χ0) is 46.0. The summed E-state index contributed by atoms with van der Waals surface area (Å²) < 4.78 is 17.5. The van der Waals surface area contributed by atoms with Crippen molar-refractivity contribution in [1.82, 2.24) is 5.32 Å². The fourth-order valence-electron chi connectivity index (χ4n) is 4.97. The van der Waals surface area contributed by atoms with Crippen LogP contribution in [0, 0.1) is 24.0 Å². The minimum Gasteiger partial charge on any atom is -0.508 e. The van der Waals surface area contributed by atoms with Crippen LogP contribution in [-0.4, -0.2) is 70.1 Å². The van der Waals surface area contributed by atoms with Crippen LogP contribution < -0.4 is 14.8 Å². The van der Waals surface area contributed by atoms with Crippen molar-refractivity contribution < 1.29 is 39.4 Å². The van der Waals surface area contributed by atoms with Gasteiger partial charge in [-0.05, 0) is 121 Å². The number of phenols is 2. The summed E-state index contributed by atoms with van der Waals surface area (Å²) in [5.74, 6) is 1.62. The van der Waals surface area contributed by atoms with E-state index in [1.54, 1.807) is 64.1 Å². The third-order valence-electron chi connectivity index (χ3n) is 7.92. The number of hydrogen-bond donors (Lipinski definition) is 7. The zero-order valence-corrected chi connectivity index (χ0v) is 38.7. The molecular weight excluding hydrogens is 910 g/mol. The van der Waals surface area contributed by atoms with Crippen LogP contribution >= 0.6 is 31.9 Å². The molecule has 0 saturated heterocycles. The summed E-state index contributed by atoms with van der Waals surface area (Å²) in [6, 6.07) is 20.6. The van der Waals surface area contributed by atoms with E-state index in [0.29, 0.717) is 44.0 Å². The molecule has 0 aliphatic carbocycles. The zero-order valence-electron chi connectivity index (χ0n) is 35.6. The van der Waals surface area contributed by atoms with Gasteiger partial charge in [0.1, 0.15) is 47.6 Å². The van der Waals surface area contributed by atoms with Crippen LogP contribution in [-0.2, 0) is 17.6 Å². The van der Waals surface area contributed by atoms with Crippen molar-refractivity contribution in [3.05, 3.63) is 127 Å². The number of unbranched alkanes of at least 4 members (excludes halogenated alkanes) is 2. The second-order valence-corrected chi connectivity index (χ2v) is 15.8. The third kappa shape index (κ3) is 21.1. The fraction of sp³-hybridized carbons (Fsp3) is 0.370. The second kappa shape index (κ2) is 28.9. The number of hydrogen-bond acceptors (Lipinski definition) is 10. The molecule has 0 fully saturated rings. The molecule has 4 aromatic rings. The van der Waals surface area contributed by atoms with E-state index in [-0.39, 0.29) is 37.2 Å². The van der Waals surface area contributed by atoms with Crippen molar-refractivity contribution in [3.63, 3.8) is 0 Å². The largest absolute Gasteiger partial charge is 0.508 e. The lowest BCUT2D eigenvalue weighted by Gasteiger charge is -2.21. The lowest BCUT2D eigenvalue weighted by Crippen LogP contribution is -2.36. The van der Waals surface area contributed by atoms with Gasteiger partial charge < -0.3 is 40.0 Å². The fourth-order valence-corrected chi connectivity index (χ4v) is 5.46. The summed E-state index contributed by atoms with van der Waals surface area (Å²) in [4.78, 5) is 18.2. The number of aromatic hydroxyl groups is 2. The monoisotopic (exact) mass is 965 g/mol. The van der Waals surface area contributed by atoms with Gasteiger partial charge in [0.05, 0.1) is 35.3 Å². The number of aryl methyl sites for hydroxylation is 1. The Balaban J connectivity index is 0.000000435. The van der Waals surface area contributed by atoms with E-state index in [1.807, 2.05) is 24.3 Å². The van der Waals surface area contributed by atoms with Crippen LogP contribution in [0.15, 0.2) is 81.7 Å². The van der Waals surface area contributed by atoms with Gasteiger partial charge in [-0.25, -0.2) is 14.5 Å². The molecule has 61 heavy (non-hydrogen) atoms. The Morgan fingerprint density at radius 2 is 1.30 bits per heavy atom. The molecule has 0 saturated carbocycles. The first-order chi connectivity index (χ1) is 28.9. The predicted octanol–water partition coefficient (Wildman–Crippen LogP) is 11.4. The van der Waals surface area contributed by atoms with E-state index in [0.717, 1.165) is 61.0 Å². The molecule has 0 bridgehead atoms. The number of benzene rings is 4. The summed E-state index contributed by atoms with van der Waals surface area (Å²) in [6.45, 7) is 25.0. The SMILES string of the molecule is CCCCc1c(OCCO)cccc1C(=N)NC(=O)OC(C)(C)C.CCCCc1ccc(C(C)=N)cc1OCCO.[C-]#[N+]c1ccc(Br)c(O)c1.[C-]#[N+]c1ccc(Br)c(O)c1. The lowest BCUT2D eigenvalue weighted by molar-refractivity contribution is 0.0563. The van der Waals surface area contributed by atoms with Gasteiger partial charge in [0.15, 0.2) is 11.4 Å². The number of amides is 1. The number of rotatable bonds is 14. The lowest BCUT2D eigenvalue weighted by atomic mass is 10.00. The van der Waals surface area contributed by atoms with Gasteiger partial charge in [-0.2, -0.15) is 0 Å². The average Bonchev–Trinajstić information content (AvgIpc) is 3.22. The molecule has 4 rings (SSSR count). The molecule has 0 aliphatic heterocycles. The second-order valence-electron chi connectivity index (χ2n) is 14.1. The number of aliphatic hydroxyl groups is 2. The number of halogens is 2. The summed E-state index contributed by atoms with van der Waals surface area (Å²) >= 11 is 6.21. The van der Waals surface area contributed by atoms with Gasteiger partial charge in [0.25, 0.3) is 0 Å². The molecule has 15 heteroatoms. The maximum atomic E-state index is 11.9. The number of amidine groups is 1. The number of nitrogens with one attached hydrogen (secondary N) is 3. The van der Waals surface area contributed by atoms with Gasteiger partial charge >= 0.3 is 6.09 Å². The Kier molecular flexibility index (Phi) is 25.4. The van der Waals surface area contributed by atoms with E-state index in [2.05, 4.69) is 60.7 Å². The molecule has 4 aromatic carbocycles. The predicted molar refractivity (Wildman–Crippen MR) is 248 cm³/mol. The van der Waals surface area contributed by atoms with Gasteiger partial charge in [-0.1, -0.05) is 75.2 Å². The minimum atomic E-state index is -0.657. The quantitative estimate of drug-likeness (QED) is 0.0368. The number of carbonyl (C=O) groups excluding carboxylic acids is 1. The van der Waals surface area contributed by atoms with E-state index < -0.39 is 11.7 Å². The Labute approximate surface area is 376 Å². The smallest absolute Gasteiger partial charge is 0.413 e. The topological polar surface area (TPSA) is 194 Å². The van der Waals surface area contributed by atoms with E-state index in [4.69, 9.17) is 58.6 Å². The van der Waals surface area contributed by atoms with E-state index in [1.165, 1.54) is 12.1 Å². The molecule has 0 aromatic heterocycles. The van der Waals surface area contributed by atoms with Crippen molar-refractivity contribution in [2.75, 3.05) is 26.4 Å². The number of aliphatic hydroxyl groups excluding tert-OH is 2. The van der Waals surface area contributed by atoms with Crippen LogP contribution in [0.3, 0.4) is 0 Å². The van der Waals surface area contributed by atoms with Gasteiger partial charge in [0, 0.05) is 16.8 Å². The highest BCUT2D eigenvalue weighted by Crippen LogP contribution is 2.29. The van der Waals surface area contributed by atoms with Crippen LogP contribution in [0.2, 0.25) is 0 Å². The van der Waals surface area contributed by atoms with Crippen LogP contribution in [0.5, 0.6) is 23.0 Å². The van der Waals surface area contributed by atoms with Gasteiger partial charge in [0.2, 0.25) is 0 Å². The van der Waals surface area contributed by atoms with Crippen molar-refractivity contribution in [2.45, 2.75) is 85.7 Å². The minimum absolute atomic E-state index is 0.0149. The number of nitrogens with zero attached hydrogens (tertiary/aromatic N) is 2. The summed E-state index contributed by atoms with van der Waals surface area (Å²) in [6.07, 6.45) is 5.26. The highest BCUT2D eigenvalue weighted by molar-refractivity contribution is 9.10. The van der Waals surface area contributed by atoms with Crippen molar-refractivity contribution in [2.24, 2.45) is 0 Å². The maximum absolute atomic E-state index is 11.9. The van der Waals surface area contributed by atoms with Crippen LogP contribution in [0.4, 0.5) is 16.2 Å².